The zero-order valence-electron chi connectivity index (χ0n) is 20.9. The SMILES string of the molecule is Nc1ccc(Oc2ccnc(N)n2)cc1.Nc1nccc(Oc2ccc(NC(=O)Nc3ccc(F)cc3)cc2)n1. The molecule has 2 aromatic heterocycles. The summed E-state index contributed by atoms with van der Waals surface area (Å²) in [5.41, 5.74) is 18.2. The first-order valence-corrected chi connectivity index (χ1v) is 11.6. The zero-order valence-corrected chi connectivity index (χ0v) is 20.9. The van der Waals surface area contributed by atoms with Gasteiger partial charge < -0.3 is 37.3 Å². The third kappa shape index (κ3) is 8.55. The van der Waals surface area contributed by atoms with E-state index in [4.69, 9.17) is 26.7 Å². The van der Waals surface area contributed by atoms with E-state index in [-0.39, 0.29) is 17.7 Å². The molecule has 0 bridgehead atoms. The summed E-state index contributed by atoms with van der Waals surface area (Å²) in [6.45, 7) is 0. The Labute approximate surface area is 228 Å². The molecule has 0 atom stereocenters. The van der Waals surface area contributed by atoms with Crippen molar-refractivity contribution in [2.45, 2.75) is 0 Å². The second kappa shape index (κ2) is 13.0. The van der Waals surface area contributed by atoms with Gasteiger partial charge in [0, 0.05) is 41.6 Å². The van der Waals surface area contributed by atoms with Crippen LogP contribution in [0.2, 0.25) is 0 Å². The summed E-state index contributed by atoms with van der Waals surface area (Å²) in [6.07, 6.45) is 3.03. The summed E-state index contributed by atoms with van der Waals surface area (Å²) in [5, 5.41) is 5.26. The summed E-state index contributed by atoms with van der Waals surface area (Å²) in [6, 6.07) is 21.9. The molecule has 2 heterocycles. The normalized spacial score (nSPS) is 10.0. The Morgan fingerprint density at radius 3 is 1.50 bits per heavy atom. The van der Waals surface area contributed by atoms with Gasteiger partial charge >= 0.3 is 6.03 Å². The Hall–Kier alpha value is -5.98. The number of amides is 2. The Bertz CT molecular complexity index is 1550. The number of benzene rings is 3. The first-order valence-electron chi connectivity index (χ1n) is 11.6. The molecule has 8 N–H and O–H groups in total. The van der Waals surface area contributed by atoms with Crippen LogP contribution >= 0.6 is 0 Å². The summed E-state index contributed by atoms with van der Waals surface area (Å²) in [4.78, 5) is 27.3. The van der Waals surface area contributed by atoms with Gasteiger partial charge in [-0.25, -0.2) is 19.2 Å². The molecule has 0 unspecified atom stereocenters. The zero-order chi connectivity index (χ0) is 28.3. The fourth-order valence-electron chi connectivity index (χ4n) is 3.04. The van der Waals surface area contributed by atoms with Crippen LogP contribution < -0.4 is 37.3 Å². The topological polar surface area (TPSA) is 189 Å². The molecule has 0 aliphatic carbocycles. The number of nitrogens with zero attached hydrogens (tertiary/aromatic N) is 4. The lowest BCUT2D eigenvalue weighted by Crippen LogP contribution is -2.19. The lowest BCUT2D eigenvalue weighted by molar-refractivity contribution is 0.262. The number of carbonyl (C=O) groups excluding carboxylic acids is 1. The van der Waals surface area contributed by atoms with Gasteiger partial charge in [0.2, 0.25) is 23.7 Å². The number of anilines is 5. The van der Waals surface area contributed by atoms with Crippen LogP contribution in [-0.4, -0.2) is 26.0 Å². The molecule has 0 aliphatic heterocycles. The number of carbonyl (C=O) groups is 1. The first kappa shape index (κ1) is 27.1. The van der Waals surface area contributed by atoms with Crippen LogP contribution in [0.25, 0.3) is 0 Å². The van der Waals surface area contributed by atoms with Crippen molar-refractivity contribution in [2.24, 2.45) is 0 Å². The van der Waals surface area contributed by atoms with Gasteiger partial charge in [0.1, 0.15) is 17.3 Å². The second-order valence-corrected chi connectivity index (χ2v) is 7.89. The molecule has 0 saturated heterocycles. The number of hydrogen-bond donors (Lipinski definition) is 5. The van der Waals surface area contributed by atoms with Crippen LogP contribution in [0.4, 0.5) is 38.1 Å². The fourth-order valence-corrected chi connectivity index (χ4v) is 3.04. The Morgan fingerprint density at radius 1 is 0.625 bits per heavy atom. The highest BCUT2D eigenvalue weighted by Gasteiger charge is 2.05. The quantitative estimate of drug-likeness (QED) is 0.181. The summed E-state index contributed by atoms with van der Waals surface area (Å²) >= 11 is 0. The van der Waals surface area contributed by atoms with Crippen molar-refractivity contribution < 1.29 is 18.7 Å². The van der Waals surface area contributed by atoms with Gasteiger partial charge in [0.15, 0.2) is 0 Å². The third-order valence-corrected chi connectivity index (χ3v) is 4.84. The van der Waals surface area contributed by atoms with Gasteiger partial charge in [-0.05, 0) is 72.8 Å². The van der Waals surface area contributed by atoms with E-state index < -0.39 is 6.03 Å². The highest BCUT2D eigenvalue weighted by atomic mass is 19.1. The molecule has 0 fully saturated rings. The van der Waals surface area contributed by atoms with E-state index in [1.165, 1.54) is 36.7 Å². The molecule has 0 aliphatic rings. The number of nitrogens with two attached hydrogens (primary N) is 3. The van der Waals surface area contributed by atoms with E-state index in [0.29, 0.717) is 40.3 Å². The van der Waals surface area contributed by atoms with E-state index in [1.54, 1.807) is 60.7 Å². The molecular weight excluding hydrogens is 517 g/mol. The highest BCUT2D eigenvalue weighted by Crippen LogP contribution is 2.22. The number of aromatic nitrogens is 4. The van der Waals surface area contributed by atoms with Crippen LogP contribution in [-0.2, 0) is 0 Å². The number of nitrogen functional groups attached to an aromatic ring is 3. The number of halogens is 1. The van der Waals surface area contributed by atoms with Crippen LogP contribution in [0.1, 0.15) is 0 Å². The fraction of sp³-hybridized carbons (Fsp3) is 0. The first-order chi connectivity index (χ1) is 19.3. The van der Waals surface area contributed by atoms with Crippen molar-refractivity contribution in [2.75, 3.05) is 27.8 Å². The molecule has 202 valence electrons. The van der Waals surface area contributed by atoms with E-state index >= 15 is 0 Å². The molecule has 3 aromatic carbocycles. The Kier molecular flexibility index (Phi) is 8.80. The minimum absolute atomic E-state index is 0.119. The van der Waals surface area contributed by atoms with Gasteiger partial charge in [0.05, 0.1) is 0 Å². The van der Waals surface area contributed by atoms with Crippen molar-refractivity contribution in [3.8, 4) is 23.3 Å². The number of ether oxygens (including phenoxy) is 2. The molecule has 5 rings (SSSR count). The highest BCUT2D eigenvalue weighted by molar-refractivity contribution is 5.99. The number of urea groups is 1. The molecule has 40 heavy (non-hydrogen) atoms. The summed E-state index contributed by atoms with van der Waals surface area (Å²) < 4.78 is 23.8. The maximum atomic E-state index is 12.8. The van der Waals surface area contributed by atoms with Crippen LogP contribution in [0.3, 0.4) is 0 Å². The van der Waals surface area contributed by atoms with Gasteiger partial charge in [-0.2, -0.15) is 9.97 Å². The van der Waals surface area contributed by atoms with Gasteiger partial charge in [-0.15, -0.1) is 0 Å². The maximum Gasteiger partial charge on any atom is 0.323 e. The van der Waals surface area contributed by atoms with Crippen molar-refractivity contribution in [3.63, 3.8) is 0 Å². The molecule has 0 spiro atoms. The minimum atomic E-state index is -0.441. The second-order valence-electron chi connectivity index (χ2n) is 7.89. The van der Waals surface area contributed by atoms with E-state index in [1.807, 2.05) is 0 Å². The molecule has 12 nitrogen and oxygen atoms in total. The average molecular weight is 542 g/mol. The van der Waals surface area contributed by atoms with E-state index in [9.17, 15) is 9.18 Å². The minimum Gasteiger partial charge on any atom is -0.439 e. The van der Waals surface area contributed by atoms with E-state index in [2.05, 4.69) is 30.6 Å². The predicted octanol–water partition coefficient (Wildman–Crippen LogP) is 5.07. The van der Waals surface area contributed by atoms with Crippen molar-refractivity contribution in [3.05, 3.63) is 103 Å². The van der Waals surface area contributed by atoms with Crippen LogP contribution in [0.15, 0.2) is 97.3 Å². The van der Waals surface area contributed by atoms with Crippen molar-refractivity contribution >= 4 is 35.0 Å². The standard InChI is InChI=1S/C17H14FN5O2.C10H10N4O/c18-11-1-3-12(4-2-11)21-17(24)22-13-5-7-14(8-6-13)25-15-9-10-20-16(19)23-15;11-7-1-3-8(4-2-7)15-9-5-6-13-10(12)14-9/h1-10H,(H2,19,20,23)(H2,21,22,24);1-6H,11H2,(H2,12,13,14). The van der Waals surface area contributed by atoms with Gasteiger partial charge in [-0.1, -0.05) is 0 Å². The predicted molar refractivity (Wildman–Crippen MR) is 149 cm³/mol. The van der Waals surface area contributed by atoms with Crippen LogP contribution in [0, 0.1) is 5.82 Å². The summed E-state index contributed by atoms with van der Waals surface area (Å²) in [7, 11) is 0. The number of nitrogens with one attached hydrogen (secondary N) is 2. The molecular formula is C27H24FN9O3. The van der Waals surface area contributed by atoms with Crippen LogP contribution in [0.5, 0.6) is 23.3 Å². The monoisotopic (exact) mass is 541 g/mol. The summed E-state index contributed by atoms with van der Waals surface area (Å²) in [5.74, 6) is 1.85. The number of rotatable bonds is 6. The Balaban J connectivity index is 0.000000210. The van der Waals surface area contributed by atoms with E-state index in [0.717, 1.165) is 0 Å². The van der Waals surface area contributed by atoms with Crippen molar-refractivity contribution in [1.82, 2.24) is 19.9 Å². The largest absolute Gasteiger partial charge is 0.439 e. The van der Waals surface area contributed by atoms with Crippen molar-refractivity contribution in [1.29, 1.82) is 0 Å². The smallest absolute Gasteiger partial charge is 0.323 e. The molecule has 0 saturated carbocycles. The molecule has 5 aromatic rings. The molecule has 2 amide bonds. The lowest BCUT2D eigenvalue weighted by atomic mass is 10.3. The third-order valence-electron chi connectivity index (χ3n) is 4.84. The molecule has 0 radical (unpaired) electrons. The maximum absolute atomic E-state index is 12.8. The lowest BCUT2D eigenvalue weighted by Gasteiger charge is -2.09. The van der Waals surface area contributed by atoms with Gasteiger partial charge in [0.25, 0.3) is 0 Å². The molecule has 13 heteroatoms. The Morgan fingerprint density at radius 2 is 1.05 bits per heavy atom. The van der Waals surface area contributed by atoms with Gasteiger partial charge in [-0.3, -0.25) is 0 Å². The average Bonchev–Trinajstić information content (AvgIpc) is 2.93. The number of hydrogen-bond acceptors (Lipinski definition) is 10.